The van der Waals surface area contributed by atoms with Crippen LogP contribution in [0, 0.1) is 0 Å². The van der Waals surface area contributed by atoms with Crippen molar-refractivity contribution in [1.82, 2.24) is 0 Å². The summed E-state index contributed by atoms with van der Waals surface area (Å²) in [5.41, 5.74) is 6.33. The van der Waals surface area contributed by atoms with Gasteiger partial charge in [-0.05, 0) is 30.0 Å². The minimum Gasteiger partial charge on any atom is -0.494 e. The van der Waals surface area contributed by atoms with Crippen LogP contribution in [-0.2, 0) is 4.79 Å². The number of carbonyl (C=O) groups is 1. The number of carbonyl (C=O) groups excluding carboxylic acids is 1. The van der Waals surface area contributed by atoms with Gasteiger partial charge in [0.1, 0.15) is 5.75 Å². The van der Waals surface area contributed by atoms with Crippen molar-refractivity contribution in [2.45, 2.75) is 32.6 Å². The maximum atomic E-state index is 10.5. The van der Waals surface area contributed by atoms with Crippen molar-refractivity contribution in [2.75, 3.05) is 6.61 Å². The predicted molar refractivity (Wildman–Crippen MR) is 64.5 cm³/mol. The lowest BCUT2D eigenvalue weighted by molar-refractivity contribution is -0.118. The summed E-state index contributed by atoms with van der Waals surface area (Å²) in [7, 11) is 0. The zero-order chi connectivity index (χ0) is 12.0. The van der Waals surface area contributed by atoms with E-state index >= 15 is 0 Å². The van der Waals surface area contributed by atoms with Gasteiger partial charge in [0, 0.05) is 6.42 Å². The number of ether oxygens (including phenoxy) is 1. The monoisotopic (exact) mass is 221 g/mol. The Morgan fingerprint density at radius 2 is 1.94 bits per heavy atom. The molecule has 0 saturated carbocycles. The zero-order valence-electron chi connectivity index (χ0n) is 9.90. The molecule has 0 atom stereocenters. The minimum atomic E-state index is -0.279. The molecule has 1 aromatic carbocycles. The summed E-state index contributed by atoms with van der Waals surface area (Å²) in [6, 6.07) is 8.04. The molecule has 88 valence electrons. The van der Waals surface area contributed by atoms with Gasteiger partial charge in [-0.25, -0.2) is 0 Å². The van der Waals surface area contributed by atoms with E-state index in [0.29, 0.717) is 25.4 Å². The molecule has 0 spiro atoms. The Balaban J connectivity index is 2.35. The van der Waals surface area contributed by atoms with Crippen LogP contribution in [0.25, 0.3) is 0 Å². The number of rotatable bonds is 6. The molecule has 3 nitrogen and oxygen atoms in total. The number of benzene rings is 1. The third-order valence-corrected chi connectivity index (χ3v) is 2.38. The Bertz CT molecular complexity index is 330. The van der Waals surface area contributed by atoms with Gasteiger partial charge < -0.3 is 10.5 Å². The van der Waals surface area contributed by atoms with Gasteiger partial charge in [-0.3, -0.25) is 4.79 Å². The van der Waals surface area contributed by atoms with E-state index in [1.54, 1.807) is 0 Å². The standard InChI is InChI=1S/C13H19NO2/c1-10(2)11-5-7-12(8-6-11)16-9-3-4-13(14)15/h5-8,10H,3-4,9H2,1-2H3,(H2,14,15). The van der Waals surface area contributed by atoms with Crippen LogP contribution in [0.1, 0.15) is 38.2 Å². The molecule has 16 heavy (non-hydrogen) atoms. The van der Waals surface area contributed by atoms with Crippen LogP contribution in [0.5, 0.6) is 5.75 Å². The number of amides is 1. The van der Waals surface area contributed by atoms with Crippen molar-refractivity contribution in [2.24, 2.45) is 5.73 Å². The third kappa shape index (κ3) is 4.34. The average Bonchev–Trinajstić information content (AvgIpc) is 2.25. The molecule has 0 unspecified atom stereocenters. The molecule has 0 aliphatic carbocycles. The molecule has 1 amide bonds. The number of hydrogen-bond donors (Lipinski definition) is 1. The first-order valence-corrected chi connectivity index (χ1v) is 5.60. The van der Waals surface area contributed by atoms with E-state index in [-0.39, 0.29) is 5.91 Å². The topological polar surface area (TPSA) is 52.3 Å². The highest BCUT2D eigenvalue weighted by atomic mass is 16.5. The first-order valence-electron chi connectivity index (χ1n) is 5.60. The second-order valence-electron chi connectivity index (χ2n) is 4.14. The molecule has 0 radical (unpaired) electrons. The van der Waals surface area contributed by atoms with Crippen molar-refractivity contribution in [3.63, 3.8) is 0 Å². The van der Waals surface area contributed by atoms with Crippen LogP contribution in [0.15, 0.2) is 24.3 Å². The van der Waals surface area contributed by atoms with Gasteiger partial charge in [0.15, 0.2) is 0 Å². The van der Waals surface area contributed by atoms with Crippen LogP contribution in [0.4, 0.5) is 0 Å². The first-order chi connectivity index (χ1) is 7.59. The van der Waals surface area contributed by atoms with Crippen LogP contribution in [0.3, 0.4) is 0 Å². The van der Waals surface area contributed by atoms with Gasteiger partial charge in [0.25, 0.3) is 0 Å². The van der Waals surface area contributed by atoms with Crippen LogP contribution >= 0.6 is 0 Å². The summed E-state index contributed by atoms with van der Waals surface area (Å²) in [6.07, 6.45) is 1.05. The molecule has 0 saturated heterocycles. The normalized spacial score (nSPS) is 10.4. The molecule has 0 fully saturated rings. The third-order valence-electron chi connectivity index (χ3n) is 2.38. The lowest BCUT2D eigenvalue weighted by atomic mass is 10.0. The lowest BCUT2D eigenvalue weighted by Crippen LogP contribution is -2.11. The summed E-state index contributed by atoms with van der Waals surface area (Å²) < 4.78 is 5.48. The van der Waals surface area contributed by atoms with E-state index in [9.17, 15) is 4.79 Å². The molecule has 0 aromatic heterocycles. The van der Waals surface area contributed by atoms with Gasteiger partial charge in [-0.1, -0.05) is 26.0 Å². The summed E-state index contributed by atoms with van der Waals surface area (Å²) >= 11 is 0. The van der Waals surface area contributed by atoms with Gasteiger partial charge >= 0.3 is 0 Å². The van der Waals surface area contributed by atoms with Crippen molar-refractivity contribution in [3.8, 4) is 5.75 Å². The molecule has 0 aliphatic heterocycles. The van der Waals surface area contributed by atoms with Crippen molar-refractivity contribution in [3.05, 3.63) is 29.8 Å². The lowest BCUT2D eigenvalue weighted by Gasteiger charge is -2.08. The van der Waals surface area contributed by atoms with Crippen molar-refractivity contribution in [1.29, 1.82) is 0 Å². The Kier molecular flexibility index (Phi) is 4.83. The number of nitrogens with two attached hydrogens (primary N) is 1. The molecule has 0 bridgehead atoms. The molecule has 0 aliphatic rings. The van der Waals surface area contributed by atoms with E-state index in [2.05, 4.69) is 26.0 Å². The highest BCUT2D eigenvalue weighted by Crippen LogP contribution is 2.18. The van der Waals surface area contributed by atoms with Crippen LogP contribution < -0.4 is 10.5 Å². The highest BCUT2D eigenvalue weighted by Gasteiger charge is 2.00. The van der Waals surface area contributed by atoms with Gasteiger partial charge in [-0.15, -0.1) is 0 Å². The average molecular weight is 221 g/mol. The summed E-state index contributed by atoms with van der Waals surface area (Å²) in [4.78, 5) is 10.5. The maximum absolute atomic E-state index is 10.5. The highest BCUT2D eigenvalue weighted by molar-refractivity contribution is 5.73. The van der Waals surface area contributed by atoms with E-state index in [4.69, 9.17) is 10.5 Å². The molecular weight excluding hydrogens is 202 g/mol. The second kappa shape index (κ2) is 6.16. The minimum absolute atomic E-state index is 0.279. The largest absolute Gasteiger partial charge is 0.494 e. The van der Waals surface area contributed by atoms with Crippen LogP contribution in [0.2, 0.25) is 0 Å². The Morgan fingerprint density at radius 1 is 1.31 bits per heavy atom. The maximum Gasteiger partial charge on any atom is 0.217 e. The molecule has 3 heteroatoms. The SMILES string of the molecule is CC(C)c1ccc(OCCCC(N)=O)cc1. The van der Waals surface area contributed by atoms with E-state index < -0.39 is 0 Å². The molecule has 2 N–H and O–H groups in total. The van der Waals surface area contributed by atoms with Crippen LogP contribution in [-0.4, -0.2) is 12.5 Å². The fourth-order valence-corrected chi connectivity index (χ4v) is 1.39. The van der Waals surface area contributed by atoms with Gasteiger partial charge in [-0.2, -0.15) is 0 Å². The quantitative estimate of drug-likeness (QED) is 0.750. The Morgan fingerprint density at radius 3 is 2.44 bits per heavy atom. The zero-order valence-corrected chi connectivity index (χ0v) is 9.90. The smallest absolute Gasteiger partial charge is 0.217 e. The summed E-state index contributed by atoms with van der Waals surface area (Å²) in [5.74, 6) is 1.09. The predicted octanol–water partition coefficient (Wildman–Crippen LogP) is 2.45. The molecule has 1 aromatic rings. The molecule has 1 rings (SSSR count). The van der Waals surface area contributed by atoms with E-state index in [0.717, 1.165) is 5.75 Å². The molecular formula is C13H19NO2. The van der Waals surface area contributed by atoms with Gasteiger partial charge in [0.2, 0.25) is 5.91 Å². The number of hydrogen-bond acceptors (Lipinski definition) is 2. The van der Waals surface area contributed by atoms with Crippen molar-refractivity contribution >= 4 is 5.91 Å². The fourth-order valence-electron chi connectivity index (χ4n) is 1.39. The fraction of sp³-hybridized carbons (Fsp3) is 0.462. The summed E-state index contributed by atoms with van der Waals surface area (Å²) in [6.45, 7) is 4.84. The number of primary amides is 1. The second-order valence-corrected chi connectivity index (χ2v) is 4.14. The summed E-state index contributed by atoms with van der Waals surface area (Å²) in [5, 5.41) is 0. The molecule has 0 heterocycles. The van der Waals surface area contributed by atoms with Gasteiger partial charge in [0.05, 0.1) is 6.61 Å². The van der Waals surface area contributed by atoms with Crippen molar-refractivity contribution < 1.29 is 9.53 Å². The van der Waals surface area contributed by atoms with E-state index in [1.165, 1.54) is 5.56 Å². The Labute approximate surface area is 96.6 Å². The first kappa shape index (κ1) is 12.6. The Hall–Kier alpha value is -1.51. The van der Waals surface area contributed by atoms with E-state index in [1.807, 2.05) is 12.1 Å².